The maximum absolute atomic E-state index is 9.23. The van der Waals surface area contributed by atoms with Crippen LogP contribution in [0.5, 0.6) is 0 Å². The number of hydrogen-bond acceptors (Lipinski definition) is 2. The molecule has 8 rings (SSSR count). The van der Waals surface area contributed by atoms with E-state index in [1.807, 2.05) is 30.3 Å². The first kappa shape index (κ1) is 22.3. The van der Waals surface area contributed by atoms with Crippen molar-refractivity contribution >= 4 is 43.6 Å². The van der Waals surface area contributed by atoms with Gasteiger partial charge in [-0.05, 0) is 54.6 Å². The highest BCUT2D eigenvalue weighted by Crippen LogP contribution is 2.41. The van der Waals surface area contributed by atoms with Crippen LogP contribution in [-0.2, 0) is 0 Å². The molecule has 40 heavy (non-hydrogen) atoms. The van der Waals surface area contributed by atoms with Crippen LogP contribution in [0, 0.1) is 11.3 Å². The molecule has 0 aliphatic rings. The van der Waals surface area contributed by atoms with Crippen molar-refractivity contribution in [1.29, 1.82) is 5.26 Å². The minimum absolute atomic E-state index is 0.638. The lowest BCUT2D eigenvalue weighted by molar-refractivity contribution is 1.09. The fraction of sp³-hybridized carbons (Fsp3) is 0. The summed E-state index contributed by atoms with van der Waals surface area (Å²) in [5, 5.41) is 14.0. The Balaban J connectivity index is 1.50. The fourth-order valence-corrected chi connectivity index (χ4v) is 6.03. The molecule has 3 heterocycles. The molecule has 0 spiro atoms. The smallest absolute Gasteiger partial charge is 0.138 e. The average molecular weight is 511 g/mol. The highest BCUT2D eigenvalue weighted by atomic mass is 15.1. The molecule has 0 aliphatic carbocycles. The molecule has 0 atom stereocenters. The Hall–Kier alpha value is -5.66. The van der Waals surface area contributed by atoms with Gasteiger partial charge in [0.25, 0.3) is 0 Å². The predicted molar refractivity (Wildman–Crippen MR) is 163 cm³/mol. The highest BCUT2D eigenvalue weighted by molar-refractivity contribution is 6.26. The van der Waals surface area contributed by atoms with Gasteiger partial charge >= 0.3 is 0 Å². The molecular weight excluding hydrogens is 488 g/mol. The van der Waals surface area contributed by atoms with Gasteiger partial charge in [-0.15, -0.1) is 0 Å². The van der Waals surface area contributed by atoms with Crippen LogP contribution in [0.3, 0.4) is 0 Å². The van der Waals surface area contributed by atoms with Crippen LogP contribution in [0.2, 0.25) is 0 Å². The second kappa shape index (κ2) is 8.69. The molecule has 0 fully saturated rings. The van der Waals surface area contributed by atoms with Crippen molar-refractivity contribution in [2.45, 2.75) is 0 Å². The molecule has 5 aromatic carbocycles. The van der Waals surface area contributed by atoms with Crippen molar-refractivity contribution in [3.05, 3.63) is 139 Å². The van der Waals surface area contributed by atoms with E-state index >= 15 is 0 Å². The van der Waals surface area contributed by atoms with E-state index in [9.17, 15) is 5.26 Å². The standard InChI is InChI=1S/C36H22N4/c37-23-24-17-19-25(20-18-24)30-13-8-16-34(38-30)40-31-14-6-4-11-27(31)28-21-22-33-35(36(28)40)29-12-5-7-15-32(29)39(33)26-9-2-1-3-10-26/h1-22H. The summed E-state index contributed by atoms with van der Waals surface area (Å²) >= 11 is 0. The fourth-order valence-electron chi connectivity index (χ4n) is 6.03. The van der Waals surface area contributed by atoms with Crippen LogP contribution in [0.4, 0.5) is 0 Å². The van der Waals surface area contributed by atoms with Crippen molar-refractivity contribution in [2.24, 2.45) is 0 Å². The Kier molecular flexibility index (Phi) is 4.85. The third kappa shape index (κ3) is 3.22. The number of pyridine rings is 1. The van der Waals surface area contributed by atoms with Gasteiger partial charge in [-0.1, -0.05) is 78.9 Å². The second-order valence-corrected chi connectivity index (χ2v) is 9.97. The van der Waals surface area contributed by atoms with Gasteiger partial charge < -0.3 is 4.57 Å². The minimum atomic E-state index is 0.638. The third-order valence-corrected chi connectivity index (χ3v) is 7.76. The molecule has 0 saturated heterocycles. The molecule has 0 radical (unpaired) electrons. The van der Waals surface area contributed by atoms with Crippen molar-refractivity contribution in [1.82, 2.24) is 14.1 Å². The zero-order valence-corrected chi connectivity index (χ0v) is 21.5. The first-order valence-corrected chi connectivity index (χ1v) is 13.3. The largest absolute Gasteiger partial charge is 0.309 e. The summed E-state index contributed by atoms with van der Waals surface area (Å²) in [6.07, 6.45) is 0. The quantitative estimate of drug-likeness (QED) is 0.238. The van der Waals surface area contributed by atoms with Gasteiger partial charge in [0.2, 0.25) is 0 Å². The molecule has 0 bridgehead atoms. The number of nitrogens with zero attached hydrogens (tertiary/aromatic N) is 4. The van der Waals surface area contributed by atoms with Crippen LogP contribution in [-0.4, -0.2) is 14.1 Å². The number of rotatable bonds is 3. The highest BCUT2D eigenvalue weighted by Gasteiger charge is 2.21. The van der Waals surface area contributed by atoms with Crippen molar-refractivity contribution in [2.75, 3.05) is 0 Å². The van der Waals surface area contributed by atoms with E-state index in [2.05, 4.69) is 118 Å². The van der Waals surface area contributed by atoms with Gasteiger partial charge in [-0.2, -0.15) is 5.26 Å². The lowest BCUT2D eigenvalue weighted by Crippen LogP contribution is -1.99. The zero-order chi connectivity index (χ0) is 26.6. The van der Waals surface area contributed by atoms with Gasteiger partial charge in [0.1, 0.15) is 5.82 Å². The molecule has 4 heteroatoms. The van der Waals surface area contributed by atoms with Crippen LogP contribution in [0.1, 0.15) is 5.56 Å². The molecule has 0 unspecified atom stereocenters. The predicted octanol–water partition coefficient (Wildman–Crippen LogP) is 8.81. The SMILES string of the molecule is N#Cc1ccc(-c2cccc(-n3c4ccccc4c4ccc5c(c6ccccc6n5-c5ccccc5)c43)n2)cc1. The summed E-state index contributed by atoms with van der Waals surface area (Å²) in [7, 11) is 0. The van der Waals surface area contributed by atoms with Crippen molar-refractivity contribution in [3.8, 4) is 28.8 Å². The molecule has 3 aromatic heterocycles. The Morgan fingerprint density at radius 2 is 1.23 bits per heavy atom. The topological polar surface area (TPSA) is 46.5 Å². The molecule has 0 amide bonds. The summed E-state index contributed by atoms with van der Waals surface area (Å²) in [4.78, 5) is 5.17. The Labute approximate surface area is 230 Å². The van der Waals surface area contributed by atoms with Crippen LogP contribution >= 0.6 is 0 Å². The second-order valence-electron chi connectivity index (χ2n) is 9.97. The lowest BCUT2D eigenvalue weighted by Gasteiger charge is -2.11. The number of para-hydroxylation sites is 3. The van der Waals surface area contributed by atoms with E-state index in [0.29, 0.717) is 5.56 Å². The molecular formula is C36H22N4. The maximum Gasteiger partial charge on any atom is 0.138 e. The maximum atomic E-state index is 9.23. The van der Waals surface area contributed by atoms with Crippen LogP contribution < -0.4 is 0 Å². The molecule has 4 nitrogen and oxygen atoms in total. The average Bonchev–Trinajstić information content (AvgIpc) is 3.54. The summed E-state index contributed by atoms with van der Waals surface area (Å²) in [5.74, 6) is 0.858. The van der Waals surface area contributed by atoms with Gasteiger partial charge in [0.15, 0.2) is 0 Å². The summed E-state index contributed by atoms with van der Waals surface area (Å²) in [6.45, 7) is 0. The van der Waals surface area contributed by atoms with E-state index < -0.39 is 0 Å². The minimum Gasteiger partial charge on any atom is -0.309 e. The molecule has 0 saturated carbocycles. The lowest BCUT2D eigenvalue weighted by atomic mass is 10.1. The molecule has 186 valence electrons. The van der Waals surface area contributed by atoms with Gasteiger partial charge in [0.05, 0.1) is 39.4 Å². The van der Waals surface area contributed by atoms with Crippen molar-refractivity contribution < 1.29 is 0 Å². The summed E-state index contributed by atoms with van der Waals surface area (Å²) < 4.78 is 4.66. The number of nitriles is 1. The Morgan fingerprint density at radius 1 is 0.525 bits per heavy atom. The monoisotopic (exact) mass is 510 g/mol. The van der Waals surface area contributed by atoms with E-state index in [-0.39, 0.29) is 0 Å². The van der Waals surface area contributed by atoms with E-state index in [1.54, 1.807) is 0 Å². The Bertz CT molecular complexity index is 2260. The van der Waals surface area contributed by atoms with Crippen molar-refractivity contribution in [3.63, 3.8) is 0 Å². The zero-order valence-electron chi connectivity index (χ0n) is 21.5. The van der Waals surface area contributed by atoms with Gasteiger partial charge in [-0.25, -0.2) is 4.98 Å². The third-order valence-electron chi connectivity index (χ3n) is 7.76. The molecule has 0 N–H and O–H groups in total. The number of benzene rings is 5. The van der Waals surface area contributed by atoms with Crippen LogP contribution in [0.25, 0.3) is 66.4 Å². The van der Waals surface area contributed by atoms with E-state index in [4.69, 9.17) is 4.98 Å². The molecule has 8 aromatic rings. The first-order chi connectivity index (χ1) is 19.8. The number of aromatic nitrogens is 3. The van der Waals surface area contributed by atoms with E-state index in [1.165, 1.54) is 27.1 Å². The summed E-state index contributed by atoms with van der Waals surface area (Å²) in [6, 6.07) is 48.2. The normalized spacial score (nSPS) is 11.5. The van der Waals surface area contributed by atoms with Gasteiger partial charge in [0, 0.05) is 32.8 Å². The summed E-state index contributed by atoms with van der Waals surface area (Å²) in [5.41, 5.74) is 8.22. The first-order valence-electron chi connectivity index (χ1n) is 13.3. The number of hydrogen-bond donors (Lipinski definition) is 0. The number of fused-ring (bicyclic) bond motifs is 7. The molecule has 0 aliphatic heterocycles. The van der Waals surface area contributed by atoms with Gasteiger partial charge in [-0.3, -0.25) is 4.57 Å². The van der Waals surface area contributed by atoms with Crippen LogP contribution in [0.15, 0.2) is 133 Å². The van der Waals surface area contributed by atoms with E-state index in [0.717, 1.165) is 39.3 Å². The Morgan fingerprint density at radius 3 is 2.00 bits per heavy atom.